The quantitative estimate of drug-likeness (QED) is 0.268. The predicted molar refractivity (Wildman–Crippen MR) is 135 cm³/mol. The van der Waals surface area contributed by atoms with Crippen molar-refractivity contribution in [3.63, 3.8) is 0 Å². The molecule has 4 heterocycles. The molecule has 1 aromatic carbocycles. The van der Waals surface area contributed by atoms with Crippen LogP contribution in [-0.4, -0.2) is 38.8 Å². The second-order valence-electron chi connectivity index (χ2n) is 7.89. The second-order valence-corrected chi connectivity index (χ2v) is 8.97. The minimum atomic E-state index is -1.09. The highest BCUT2D eigenvalue weighted by Crippen LogP contribution is 2.35. The van der Waals surface area contributed by atoms with E-state index in [2.05, 4.69) is 32.9 Å². The number of fused-ring (bicyclic) bond motifs is 2. The van der Waals surface area contributed by atoms with E-state index < -0.39 is 12.1 Å². The van der Waals surface area contributed by atoms with E-state index in [1.165, 1.54) is 0 Å². The Bertz CT molecular complexity index is 1490. The molecule has 0 aliphatic heterocycles. The fourth-order valence-electron chi connectivity index (χ4n) is 4.01. The number of carboxylic acid groups (broad SMARTS) is 1. The van der Waals surface area contributed by atoms with Gasteiger partial charge in [0.2, 0.25) is 0 Å². The van der Waals surface area contributed by atoms with Crippen LogP contribution in [0.5, 0.6) is 5.75 Å². The van der Waals surface area contributed by atoms with Gasteiger partial charge in [-0.15, -0.1) is 11.3 Å². The minimum absolute atomic E-state index is 0.174. The number of ether oxygens (including phenoxy) is 1. The topological polar surface area (TPSA) is 100 Å². The van der Waals surface area contributed by atoms with Crippen LogP contribution in [0, 0.1) is 0 Å². The van der Waals surface area contributed by atoms with E-state index in [1.54, 1.807) is 36.0 Å². The SMILES string of the molecule is C=Cc1cncc2sc(-c3cncc(OC[C@H](Cc4c[nH]c5ccccc45)NC(=O)O)c3)cc12. The Balaban J connectivity index is 1.34. The molecule has 0 radical (unpaired) electrons. The van der Waals surface area contributed by atoms with Crippen molar-refractivity contribution in [2.45, 2.75) is 12.5 Å². The number of benzene rings is 1. The fourth-order valence-corrected chi connectivity index (χ4v) is 5.05. The summed E-state index contributed by atoms with van der Waals surface area (Å²) in [5.74, 6) is 0.577. The lowest BCUT2D eigenvalue weighted by atomic mass is 10.1. The Morgan fingerprint density at radius 3 is 2.88 bits per heavy atom. The summed E-state index contributed by atoms with van der Waals surface area (Å²) in [5, 5.41) is 14.1. The van der Waals surface area contributed by atoms with Crippen molar-refractivity contribution in [2.24, 2.45) is 0 Å². The number of thiophene rings is 1. The number of carbonyl (C=O) groups is 1. The van der Waals surface area contributed by atoms with Crippen molar-refractivity contribution >= 4 is 44.5 Å². The van der Waals surface area contributed by atoms with Crippen LogP contribution < -0.4 is 10.1 Å². The molecule has 0 aliphatic carbocycles. The van der Waals surface area contributed by atoms with Crippen LogP contribution >= 0.6 is 11.3 Å². The van der Waals surface area contributed by atoms with E-state index in [-0.39, 0.29) is 6.61 Å². The lowest BCUT2D eigenvalue weighted by molar-refractivity contribution is 0.181. The monoisotopic (exact) mass is 470 g/mol. The van der Waals surface area contributed by atoms with Gasteiger partial charge in [0.15, 0.2) is 0 Å². The molecule has 1 amide bonds. The van der Waals surface area contributed by atoms with Crippen molar-refractivity contribution in [1.82, 2.24) is 20.3 Å². The molecule has 5 aromatic rings. The van der Waals surface area contributed by atoms with E-state index in [9.17, 15) is 9.90 Å². The molecule has 8 heteroatoms. The number of rotatable bonds is 8. The maximum Gasteiger partial charge on any atom is 0.405 e. The number of nitrogens with one attached hydrogen (secondary N) is 2. The first-order valence-electron chi connectivity index (χ1n) is 10.7. The first-order valence-corrected chi connectivity index (χ1v) is 11.5. The van der Waals surface area contributed by atoms with Gasteiger partial charge in [0.25, 0.3) is 0 Å². The van der Waals surface area contributed by atoms with Crippen LogP contribution in [0.1, 0.15) is 11.1 Å². The highest BCUT2D eigenvalue weighted by Gasteiger charge is 2.16. The highest BCUT2D eigenvalue weighted by atomic mass is 32.1. The second kappa shape index (κ2) is 9.36. The van der Waals surface area contributed by atoms with Crippen LogP contribution in [-0.2, 0) is 6.42 Å². The van der Waals surface area contributed by atoms with Crippen molar-refractivity contribution in [1.29, 1.82) is 0 Å². The maximum absolute atomic E-state index is 11.4. The van der Waals surface area contributed by atoms with Gasteiger partial charge in [0.1, 0.15) is 12.4 Å². The Morgan fingerprint density at radius 1 is 1.18 bits per heavy atom. The summed E-state index contributed by atoms with van der Waals surface area (Å²) in [6, 6.07) is 11.5. The maximum atomic E-state index is 11.4. The average Bonchev–Trinajstić information content (AvgIpc) is 3.47. The Hall–Kier alpha value is -4.17. The Morgan fingerprint density at radius 2 is 2.03 bits per heavy atom. The number of para-hydroxylation sites is 1. The van der Waals surface area contributed by atoms with Gasteiger partial charge in [-0.05, 0) is 30.2 Å². The van der Waals surface area contributed by atoms with Gasteiger partial charge in [0.05, 0.1) is 16.9 Å². The highest BCUT2D eigenvalue weighted by molar-refractivity contribution is 7.22. The molecule has 34 heavy (non-hydrogen) atoms. The van der Waals surface area contributed by atoms with Gasteiger partial charge in [-0.2, -0.15) is 0 Å². The van der Waals surface area contributed by atoms with Crippen molar-refractivity contribution in [3.05, 3.63) is 85.1 Å². The molecule has 0 saturated heterocycles. The summed E-state index contributed by atoms with van der Waals surface area (Å²) in [5.41, 5.74) is 3.96. The molecule has 4 aromatic heterocycles. The van der Waals surface area contributed by atoms with Gasteiger partial charge in [-0.3, -0.25) is 9.97 Å². The predicted octanol–water partition coefficient (Wildman–Crippen LogP) is 5.74. The third-order valence-electron chi connectivity index (χ3n) is 5.61. The van der Waals surface area contributed by atoms with E-state index in [0.29, 0.717) is 12.2 Å². The van der Waals surface area contributed by atoms with E-state index in [0.717, 1.165) is 42.6 Å². The summed E-state index contributed by atoms with van der Waals surface area (Å²) in [6.45, 7) is 4.04. The molecule has 0 aliphatic rings. The van der Waals surface area contributed by atoms with E-state index in [1.807, 2.05) is 42.7 Å². The molecule has 170 valence electrons. The molecular weight excluding hydrogens is 448 g/mol. The van der Waals surface area contributed by atoms with Gasteiger partial charge in [-0.25, -0.2) is 4.79 Å². The lowest BCUT2D eigenvalue weighted by Crippen LogP contribution is -2.39. The van der Waals surface area contributed by atoms with Crippen molar-refractivity contribution in [2.75, 3.05) is 6.61 Å². The number of hydrogen-bond donors (Lipinski definition) is 3. The number of hydrogen-bond acceptors (Lipinski definition) is 5. The van der Waals surface area contributed by atoms with Crippen LogP contribution in [0.15, 0.2) is 74.0 Å². The van der Waals surface area contributed by atoms with E-state index >= 15 is 0 Å². The summed E-state index contributed by atoms with van der Waals surface area (Å²) >= 11 is 1.63. The van der Waals surface area contributed by atoms with E-state index in [4.69, 9.17) is 4.74 Å². The normalized spacial score (nSPS) is 12.0. The molecule has 5 rings (SSSR count). The van der Waals surface area contributed by atoms with Gasteiger partial charge >= 0.3 is 6.09 Å². The minimum Gasteiger partial charge on any atom is -0.490 e. The number of H-pyrrole nitrogens is 1. The molecule has 0 fully saturated rings. The lowest BCUT2D eigenvalue weighted by Gasteiger charge is -2.17. The molecule has 7 nitrogen and oxygen atoms in total. The fraction of sp³-hybridized carbons (Fsp3) is 0.115. The van der Waals surface area contributed by atoms with Gasteiger partial charge in [0, 0.05) is 57.1 Å². The van der Waals surface area contributed by atoms with Crippen molar-refractivity contribution in [3.8, 4) is 16.2 Å². The molecule has 0 bridgehead atoms. The zero-order valence-electron chi connectivity index (χ0n) is 18.2. The van der Waals surface area contributed by atoms with Crippen LogP contribution in [0.25, 0.3) is 37.5 Å². The molecular formula is C26H22N4O3S. The molecule has 0 spiro atoms. The van der Waals surface area contributed by atoms with Gasteiger partial charge < -0.3 is 20.1 Å². The summed E-state index contributed by atoms with van der Waals surface area (Å²) in [6.07, 6.45) is 10.2. The number of aromatic amines is 1. The smallest absolute Gasteiger partial charge is 0.405 e. The number of amides is 1. The average molecular weight is 471 g/mol. The summed E-state index contributed by atoms with van der Waals surface area (Å²) in [4.78, 5) is 24.3. The molecule has 3 N–H and O–H groups in total. The zero-order chi connectivity index (χ0) is 23.5. The Labute approximate surface area is 199 Å². The molecule has 1 atom stereocenters. The zero-order valence-corrected chi connectivity index (χ0v) is 19.0. The first kappa shape index (κ1) is 21.7. The Kier molecular flexibility index (Phi) is 5.97. The summed E-state index contributed by atoms with van der Waals surface area (Å²) < 4.78 is 7.06. The number of aromatic nitrogens is 3. The van der Waals surface area contributed by atoms with Crippen LogP contribution in [0.3, 0.4) is 0 Å². The standard InChI is InChI=1S/C26H22N4O3S/c1-2-16-10-28-14-25-22(16)9-24(34-25)18-8-20(13-27-11-18)33-15-19(30-26(31)32)7-17-12-29-23-6-4-3-5-21(17)23/h2-6,8-14,19,29-30H,1,7,15H2,(H,31,32)/t19-/m0/s1. The molecule has 0 unspecified atom stereocenters. The number of nitrogens with zero attached hydrogens (tertiary/aromatic N) is 2. The van der Waals surface area contributed by atoms with Gasteiger partial charge in [-0.1, -0.05) is 30.9 Å². The number of pyridine rings is 2. The van der Waals surface area contributed by atoms with Crippen LogP contribution in [0.4, 0.5) is 4.79 Å². The summed E-state index contributed by atoms with van der Waals surface area (Å²) in [7, 11) is 0. The molecule has 0 saturated carbocycles. The third kappa shape index (κ3) is 4.49. The van der Waals surface area contributed by atoms with Crippen LogP contribution in [0.2, 0.25) is 0 Å². The largest absolute Gasteiger partial charge is 0.490 e. The van der Waals surface area contributed by atoms with Crippen molar-refractivity contribution < 1.29 is 14.6 Å². The first-order chi connectivity index (χ1) is 16.6. The third-order valence-corrected chi connectivity index (χ3v) is 6.73.